The predicted octanol–water partition coefficient (Wildman–Crippen LogP) is 3.51. The maximum atomic E-state index is 12.6. The number of nitrogens with one attached hydrogen (secondary N) is 1. The highest BCUT2D eigenvalue weighted by atomic mass is 35.5. The van der Waals surface area contributed by atoms with Crippen LogP contribution in [-0.2, 0) is 11.0 Å². The molecule has 0 spiro atoms. The van der Waals surface area contributed by atoms with Crippen LogP contribution in [-0.4, -0.2) is 36.0 Å². The number of hydrogen-bond donors (Lipinski definition) is 2. The summed E-state index contributed by atoms with van der Waals surface area (Å²) in [4.78, 5) is 14.4. The predicted molar refractivity (Wildman–Crippen MR) is 94.7 cm³/mol. The van der Waals surface area contributed by atoms with E-state index >= 15 is 0 Å². The Morgan fingerprint density at radius 2 is 1.88 bits per heavy atom. The maximum Gasteiger partial charge on any atom is 0.416 e. The average Bonchev–Trinajstić information content (AvgIpc) is 2.48. The Morgan fingerprint density at radius 3 is 2.36 bits per heavy atom. The third-order valence-electron chi connectivity index (χ3n) is 4.75. The van der Waals surface area contributed by atoms with Crippen LogP contribution in [0, 0.1) is 5.41 Å². The fourth-order valence-corrected chi connectivity index (χ4v) is 2.90. The Morgan fingerprint density at radius 1 is 1.32 bits per heavy atom. The second-order valence-corrected chi connectivity index (χ2v) is 7.09. The zero-order chi connectivity index (χ0) is 18.1. The molecule has 0 radical (unpaired) electrons. The summed E-state index contributed by atoms with van der Waals surface area (Å²) in [6.07, 6.45) is -3.57. The fourth-order valence-electron chi connectivity index (χ4n) is 2.90. The van der Waals surface area contributed by atoms with Crippen LogP contribution in [0.25, 0.3) is 0 Å². The lowest BCUT2D eigenvalue weighted by Gasteiger charge is -2.44. The normalized spacial score (nSPS) is 22.0. The van der Waals surface area contributed by atoms with E-state index in [-0.39, 0.29) is 35.8 Å². The largest absolute Gasteiger partial charge is 0.416 e. The first-order valence-corrected chi connectivity index (χ1v) is 7.98. The summed E-state index contributed by atoms with van der Waals surface area (Å²) >= 11 is 0. The molecule has 1 aromatic carbocycles. The van der Waals surface area contributed by atoms with E-state index in [2.05, 4.69) is 24.1 Å². The van der Waals surface area contributed by atoms with Gasteiger partial charge in [0.15, 0.2) is 0 Å². The molecule has 1 aromatic rings. The number of nitrogens with two attached hydrogens (primary N) is 1. The molecule has 1 heterocycles. The maximum absolute atomic E-state index is 12.6. The van der Waals surface area contributed by atoms with Gasteiger partial charge in [-0.1, -0.05) is 13.8 Å². The molecular weight excluding hydrogens is 355 g/mol. The first-order chi connectivity index (χ1) is 11.0. The van der Waals surface area contributed by atoms with Crippen molar-refractivity contribution >= 4 is 24.0 Å². The summed E-state index contributed by atoms with van der Waals surface area (Å²) in [6, 6.07) is 4.18. The number of piperidine rings is 1. The molecule has 1 saturated heterocycles. The van der Waals surface area contributed by atoms with Crippen LogP contribution in [0.3, 0.4) is 0 Å². The summed E-state index contributed by atoms with van der Waals surface area (Å²) in [5.41, 5.74) is 5.64. The third-order valence-corrected chi connectivity index (χ3v) is 4.75. The van der Waals surface area contributed by atoms with Crippen molar-refractivity contribution in [2.75, 3.05) is 18.4 Å². The molecule has 0 saturated carbocycles. The third kappa shape index (κ3) is 5.33. The van der Waals surface area contributed by atoms with Gasteiger partial charge in [-0.25, -0.2) is 0 Å². The fraction of sp³-hybridized carbons (Fsp3) is 0.588. The molecule has 1 fully saturated rings. The summed E-state index contributed by atoms with van der Waals surface area (Å²) in [5, 5.41) is 2.68. The smallest absolute Gasteiger partial charge is 0.327 e. The van der Waals surface area contributed by atoms with Gasteiger partial charge in [-0.3, -0.25) is 9.69 Å². The van der Waals surface area contributed by atoms with Gasteiger partial charge in [0.25, 0.3) is 0 Å². The Hall–Kier alpha value is -1.31. The molecular formula is C17H25ClF3N3O. The number of benzene rings is 1. The quantitative estimate of drug-likeness (QED) is 0.844. The van der Waals surface area contributed by atoms with Crippen LogP contribution in [0.1, 0.15) is 32.8 Å². The summed E-state index contributed by atoms with van der Waals surface area (Å²) in [5.74, 6) is -0.235. The van der Waals surface area contributed by atoms with Gasteiger partial charge in [0.2, 0.25) is 5.91 Å². The minimum absolute atomic E-state index is 0. The van der Waals surface area contributed by atoms with Crippen LogP contribution in [0.4, 0.5) is 18.9 Å². The Bertz CT molecular complexity index is 590. The number of halogens is 4. The van der Waals surface area contributed by atoms with E-state index in [1.165, 1.54) is 12.1 Å². The molecule has 1 aliphatic rings. The Balaban J connectivity index is 0.00000312. The monoisotopic (exact) mass is 379 g/mol. The van der Waals surface area contributed by atoms with Crippen molar-refractivity contribution in [2.45, 2.75) is 45.5 Å². The average molecular weight is 380 g/mol. The van der Waals surface area contributed by atoms with Crippen molar-refractivity contribution in [3.05, 3.63) is 29.8 Å². The molecule has 25 heavy (non-hydrogen) atoms. The molecule has 8 heteroatoms. The van der Waals surface area contributed by atoms with E-state index in [1.807, 2.05) is 0 Å². The molecule has 2 atom stereocenters. The summed E-state index contributed by atoms with van der Waals surface area (Å²) < 4.78 is 37.7. The molecule has 1 aliphatic heterocycles. The minimum Gasteiger partial charge on any atom is -0.327 e. The lowest BCUT2D eigenvalue weighted by molar-refractivity contribution is -0.137. The molecule has 0 bridgehead atoms. The number of carbonyl (C=O) groups is 1. The highest BCUT2D eigenvalue weighted by Crippen LogP contribution is 2.30. The van der Waals surface area contributed by atoms with Gasteiger partial charge in [-0.2, -0.15) is 13.2 Å². The van der Waals surface area contributed by atoms with E-state index in [0.29, 0.717) is 12.2 Å². The van der Waals surface area contributed by atoms with Gasteiger partial charge in [0, 0.05) is 24.8 Å². The second-order valence-electron chi connectivity index (χ2n) is 7.09. The van der Waals surface area contributed by atoms with Crippen LogP contribution in [0.15, 0.2) is 24.3 Å². The molecule has 2 unspecified atom stereocenters. The molecule has 0 aliphatic carbocycles. The zero-order valence-corrected chi connectivity index (χ0v) is 15.4. The first kappa shape index (κ1) is 21.7. The van der Waals surface area contributed by atoms with Crippen LogP contribution in [0.2, 0.25) is 0 Å². The van der Waals surface area contributed by atoms with E-state index in [9.17, 15) is 18.0 Å². The number of hydrogen-bond acceptors (Lipinski definition) is 3. The van der Waals surface area contributed by atoms with Crippen molar-refractivity contribution in [3.63, 3.8) is 0 Å². The van der Waals surface area contributed by atoms with Crippen molar-refractivity contribution in [1.82, 2.24) is 4.90 Å². The van der Waals surface area contributed by atoms with Crippen LogP contribution < -0.4 is 11.1 Å². The van der Waals surface area contributed by atoms with E-state index < -0.39 is 11.7 Å². The van der Waals surface area contributed by atoms with Gasteiger partial charge in [0.1, 0.15) is 0 Å². The van der Waals surface area contributed by atoms with Gasteiger partial charge < -0.3 is 11.1 Å². The van der Waals surface area contributed by atoms with Crippen LogP contribution >= 0.6 is 12.4 Å². The van der Waals surface area contributed by atoms with Crippen molar-refractivity contribution in [3.8, 4) is 0 Å². The van der Waals surface area contributed by atoms with Gasteiger partial charge in [-0.05, 0) is 43.0 Å². The number of likely N-dealkylation sites (tertiary alicyclic amines) is 1. The second kappa shape index (κ2) is 7.93. The van der Waals surface area contributed by atoms with Crippen molar-refractivity contribution < 1.29 is 18.0 Å². The lowest BCUT2D eigenvalue weighted by Crippen LogP contribution is -2.56. The number of amides is 1. The highest BCUT2D eigenvalue weighted by Gasteiger charge is 2.36. The molecule has 142 valence electrons. The van der Waals surface area contributed by atoms with Gasteiger partial charge in [-0.15, -0.1) is 12.4 Å². The highest BCUT2D eigenvalue weighted by molar-refractivity contribution is 5.94. The number of anilines is 1. The Kier molecular flexibility index (Phi) is 6.89. The summed E-state index contributed by atoms with van der Waals surface area (Å²) in [7, 11) is 0. The Labute approximate surface area is 152 Å². The van der Waals surface area contributed by atoms with E-state index in [1.54, 1.807) is 6.92 Å². The number of alkyl halides is 3. The molecule has 1 amide bonds. The molecule has 3 N–H and O–H groups in total. The molecule has 2 rings (SSSR count). The molecule has 0 aromatic heterocycles. The topological polar surface area (TPSA) is 58.4 Å². The number of nitrogens with zero attached hydrogens (tertiary/aromatic N) is 1. The SMILES string of the molecule is CC(C(=O)Nc1ccc(C(F)(F)F)cc1)N1CCC(N)C(C)(C)C1.Cl. The van der Waals surface area contributed by atoms with Gasteiger partial charge >= 0.3 is 6.18 Å². The summed E-state index contributed by atoms with van der Waals surface area (Å²) in [6.45, 7) is 7.38. The lowest BCUT2D eigenvalue weighted by atomic mass is 9.79. The minimum atomic E-state index is -4.38. The van der Waals surface area contributed by atoms with Crippen molar-refractivity contribution in [2.24, 2.45) is 11.1 Å². The number of rotatable bonds is 3. The van der Waals surface area contributed by atoms with Crippen molar-refractivity contribution in [1.29, 1.82) is 0 Å². The van der Waals surface area contributed by atoms with E-state index in [0.717, 1.165) is 25.1 Å². The van der Waals surface area contributed by atoms with Gasteiger partial charge in [0.05, 0.1) is 11.6 Å². The van der Waals surface area contributed by atoms with E-state index in [4.69, 9.17) is 5.73 Å². The zero-order valence-electron chi connectivity index (χ0n) is 14.6. The number of carbonyl (C=O) groups excluding carboxylic acids is 1. The standard InChI is InChI=1S/C17H24F3N3O.ClH/c1-11(23-9-8-14(21)16(2,3)10-23)15(24)22-13-6-4-12(5-7-13)17(18,19)20;/h4-7,11,14H,8-10,21H2,1-3H3,(H,22,24);1H. The molecule has 4 nitrogen and oxygen atoms in total. The first-order valence-electron chi connectivity index (χ1n) is 7.98. The van der Waals surface area contributed by atoms with Crippen LogP contribution in [0.5, 0.6) is 0 Å².